The predicted molar refractivity (Wildman–Crippen MR) is 108 cm³/mol. The Bertz CT molecular complexity index is 980. The zero-order chi connectivity index (χ0) is 22.0. The van der Waals surface area contributed by atoms with Gasteiger partial charge in [-0.3, -0.25) is 4.79 Å². The summed E-state index contributed by atoms with van der Waals surface area (Å²) < 4.78 is 32.2. The molecule has 0 N–H and O–H groups in total. The van der Waals surface area contributed by atoms with Gasteiger partial charge in [0.05, 0.1) is 27.9 Å². The molecule has 31 heavy (non-hydrogen) atoms. The van der Waals surface area contributed by atoms with Gasteiger partial charge in [0, 0.05) is 12.3 Å². The second kappa shape index (κ2) is 8.63. The number of amides is 2. The first-order valence-corrected chi connectivity index (χ1v) is 9.72. The minimum absolute atomic E-state index is 0.0351. The summed E-state index contributed by atoms with van der Waals surface area (Å²) in [6, 6.07) is 9.11. The van der Waals surface area contributed by atoms with Crippen LogP contribution in [0.15, 0.2) is 30.3 Å². The van der Waals surface area contributed by atoms with Crippen LogP contribution in [0.5, 0.6) is 28.7 Å². The molecular weight excluding hydrogens is 406 g/mol. The Morgan fingerprint density at radius 1 is 0.968 bits per heavy atom. The zero-order valence-electron chi connectivity index (χ0n) is 17.5. The highest BCUT2D eigenvalue weighted by Gasteiger charge is 2.32. The molecule has 0 spiro atoms. The topological polar surface area (TPSA) is 92.8 Å². The monoisotopic (exact) mass is 429 g/mol. The highest BCUT2D eigenvalue weighted by Crippen LogP contribution is 2.44. The van der Waals surface area contributed by atoms with Crippen LogP contribution in [0, 0.1) is 0 Å². The van der Waals surface area contributed by atoms with E-state index < -0.39 is 12.0 Å². The lowest BCUT2D eigenvalue weighted by atomic mass is 9.87. The number of ether oxygens (including phenoxy) is 6. The maximum Gasteiger partial charge on any atom is 0.416 e. The van der Waals surface area contributed by atoms with Crippen molar-refractivity contribution in [3.63, 3.8) is 0 Å². The van der Waals surface area contributed by atoms with Crippen molar-refractivity contribution in [3.8, 4) is 28.7 Å². The Balaban J connectivity index is 1.77. The molecule has 1 unspecified atom stereocenters. The van der Waals surface area contributed by atoms with Crippen molar-refractivity contribution in [3.05, 3.63) is 41.5 Å². The molecule has 1 fully saturated rings. The van der Waals surface area contributed by atoms with Crippen LogP contribution >= 0.6 is 0 Å². The SMILES string of the molecule is COc1cc(C(CC(=O)N2CCOC2=O)c2ccc3c(c2)OCO3)cc(OC)c1OC. The Hall–Kier alpha value is -3.62. The normalized spacial score (nSPS) is 15.5. The molecule has 2 amide bonds. The number of nitrogens with zero attached hydrogens (tertiary/aromatic N) is 1. The predicted octanol–water partition coefficient (Wildman–Crippen LogP) is 2.94. The molecule has 9 heteroatoms. The zero-order valence-corrected chi connectivity index (χ0v) is 17.5. The number of carbonyl (C=O) groups is 2. The standard InChI is InChI=1S/C22H23NO8/c1-26-18-9-14(10-19(27-2)21(18)28-3)15(11-20(24)23-6-7-29-22(23)25)13-4-5-16-17(8-13)31-12-30-16/h4-5,8-10,15H,6-7,11-12H2,1-3H3. The summed E-state index contributed by atoms with van der Waals surface area (Å²) >= 11 is 0. The van der Waals surface area contributed by atoms with Crippen LogP contribution in [-0.4, -0.2) is 58.2 Å². The van der Waals surface area contributed by atoms with Crippen molar-refractivity contribution in [2.24, 2.45) is 0 Å². The second-order valence-electron chi connectivity index (χ2n) is 6.99. The van der Waals surface area contributed by atoms with Gasteiger partial charge in [0.2, 0.25) is 18.4 Å². The van der Waals surface area contributed by atoms with E-state index in [0.29, 0.717) is 28.7 Å². The van der Waals surface area contributed by atoms with E-state index >= 15 is 0 Å². The molecule has 2 aromatic rings. The summed E-state index contributed by atoms with van der Waals surface area (Å²) in [5, 5.41) is 0. The fourth-order valence-electron chi connectivity index (χ4n) is 3.77. The quantitative estimate of drug-likeness (QED) is 0.663. The number of rotatable bonds is 7. The van der Waals surface area contributed by atoms with Gasteiger partial charge in [0.25, 0.3) is 0 Å². The smallest absolute Gasteiger partial charge is 0.416 e. The Labute approximate surface area is 179 Å². The number of methoxy groups -OCH3 is 3. The van der Waals surface area contributed by atoms with Gasteiger partial charge in [-0.05, 0) is 35.4 Å². The molecule has 4 rings (SSSR count). The Morgan fingerprint density at radius 3 is 2.29 bits per heavy atom. The van der Waals surface area contributed by atoms with Crippen LogP contribution < -0.4 is 23.7 Å². The van der Waals surface area contributed by atoms with E-state index in [4.69, 9.17) is 28.4 Å². The lowest BCUT2D eigenvalue weighted by molar-refractivity contribution is -0.128. The molecule has 0 bridgehead atoms. The number of cyclic esters (lactones) is 1. The molecule has 1 saturated heterocycles. The maximum absolute atomic E-state index is 13.0. The van der Waals surface area contributed by atoms with Crippen LogP contribution in [0.3, 0.4) is 0 Å². The van der Waals surface area contributed by atoms with Gasteiger partial charge in [-0.15, -0.1) is 0 Å². The van der Waals surface area contributed by atoms with Gasteiger partial charge >= 0.3 is 6.09 Å². The summed E-state index contributed by atoms with van der Waals surface area (Å²) in [5.74, 6) is 1.88. The number of hydrogen-bond donors (Lipinski definition) is 0. The first-order valence-electron chi connectivity index (χ1n) is 9.72. The van der Waals surface area contributed by atoms with Crippen molar-refractivity contribution in [1.29, 1.82) is 0 Å². The van der Waals surface area contributed by atoms with Crippen molar-refractivity contribution < 1.29 is 38.0 Å². The maximum atomic E-state index is 13.0. The van der Waals surface area contributed by atoms with Gasteiger partial charge in [0.1, 0.15) is 6.61 Å². The minimum Gasteiger partial charge on any atom is -0.493 e. The van der Waals surface area contributed by atoms with E-state index in [-0.39, 0.29) is 32.3 Å². The summed E-state index contributed by atoms with van der Waals surface area (Å²) in [6.07, 6.45) is -0.591. The van der Waals surface area contributed by atoms with Crippen LogP contribution in [0.25, 0.3) is 0 Å². The molecule has 2 aromatic carbocycles. The first-order chi connectivity index (χ1) is 15.0. The molecule has 2 aliphatic rings. The van der Waals surface area contributed by atoms with Crippen molar-refractivity contribution >= 4 is 12.0 Å². The largest absolute Gasteiger partial charge is 0.493 e. The van der Waals surface area contributed by atoms with E-state index in [1.165, 1.54) is 21.3 Å². The molecular formula is C22H23NO8. The fourth-order valence-corrected chi connectivity index (χ4v) is 3.77. The number of imide groups is 1. The fraction of sp³-hybridized carbons (Fsp3) is 0.364. The van der Waals surface area contributed by atoms with Crippen molar-refractivity contribution in [2.75, 3.05) is 41.3 Å². The van der Waals surface area contributed by atoms with Gasteiger partial charge in [-0.1, -0.05) is 6.07 Å². The van der Waals surface area contributed by atoms with Crippen molar-refractivity contribution in [1.82, 2.24) is 4.90 Å². The molecule has 0 aliphatic carbocycles. The third-order valence-corrected chi connectivity index (χ3v) is 5.33. The molecule has 0 saturated carbocycles. The molecule has 1 atom stereocenters. The summed E-state index contributed by atoms with van der Waals surface area (Å²) in [5.41, 5.74) is 1.58. The average molecular weight is 429 g/mol. The van der Waals surface area contributed by atoms with Gasteiger partial charge in [-0.25, -0.2) is 9.69 Å². The van der Waals surface area contributed by atoms with Crippen molar-refractivity contribution in [2.45, 2.75) is 12.3 Å². The molecule has 2 heterocycles. The lowest BCUT2D eigenvalue weighted by Crippen LogP contribution is -2.32. The van der Waals surface area contributed by atoms with E-state index in [1.54, 1.807) is 18.2 Å². The molecule has 0 aromatic heterocycles. The van der Waals surface area contributed by atoms with E-state index in [0.717, 1.165) is 16.0 Å². The average Bonchev–Trinajstić information content (AvgIpc) is 3.44. The third kappa shape index (κ3) is 3.90. The van der Waals surface area contributed by atoms with Crippen LogP contribution in [0.2, 0.25) is 0 Å². The summed E-state index contributed by atoms with van der Waals surface area (Å²) in [6.45, 7) is 0.580. The minimum atomic E-state index is -0.626. The van der Waals surface area contributed by atoms with Crippen LogP contribution in [-0.2, 0) is 9.53 Å². The van der Waals surface area contributed by atoms with E-state index in [1.807, 2.05) is 12.1 Å². The third-order valence-electron chi connectivity index (χ3n) is 5.33. The highest BCUT2D eigenvalue weighted by molar-refractivity contribution is 5.93. The number of benzene rings is 2. The van der Waals surface area contributed by atoms with E-state index in [2.05, 4.69) is 0 Å². The highest BCUT2D eigenvalue weighted by atomic mass is 16.7. The first kappa shape index (κ1) is 20.6. The second-order valence-corrected chi connectivity index (χ2v) is 6.99. The number of hydrogen-bond acceptors (Lipinski definition) is 8. The Morgan fingerprint density at radius 2 is 1.68 bits per heavy atom. The molecule has 9 nitrogen and oxygen atoms in total. The van der Waals surface area contributed by atoms with Crippen LogP contribution in [0.1, 0.15) is 23.5 Å². The summed E-state index contributed by atoms with van der Waals surface area (Å²) in [7, 11) is 4.59. The molecule has 2 aliphatic heterocycles. The molecule has 164 valence electrons. The molecule has 0 radical (unpaired) electrons. The number of fused-ring (bicyclic) bond motifs is 1. The lowest BCUT2D eigenvalue weighted by Gasteiger charge is -2.22. The Kier molecular flexibility index (Phi) is 5.75. The van der Waals surface area contributed by atoms with E-state index in [9.17, 15) is 9.59 Å². The summed E-state index contributed by atoms with van der Waals surface area (Å²) in [4.78, 5) is 26.0. The van der Waals surface area contributed by atoms with Gasteiger partial charge < -0.3 is 28.4 Å². The number of carbonyl (C=O) groups excluding carboxylic acids is 2. The van der Waals surface area contributed by atoms with Gasteiger partial charge in [0.15, 0.2) is 23.0 Å². The van der Waals surface area contributed by atoms with Crippen LogP contribution in [0.4, 0.5) is 4.79 Å². The van der Waals surface area contributed by atoms with Gasteiger partial charge in [-0.2, -0.15) is 0 Å².